The molecule has 0 saturated heterocycles. The van der Waals surface area contributed by atoms with Gasteiger partial charge in [-0.25, -0.2) is 4.79 Å². The number of aliphatic carboxylic acids is 3. The highest BCUT2D eigenvalue weighted by atomic mass is 16.4. The van der Waals surface area contributed by atoms with Gasteiger partial charge < -0.3 is 25.4 Å². The van der Waals surface area contributed by atoms with E-state index in [9.17, 15) is 14.4 Å². The van der Waals surface area contributed by atoms with Crippen molar-refractivity contribution in [3.8, 4) is 0 Å². The summed E-state index contributed by atoms with van der Waals surface area (Å²) in [4.78, 5) is 40.9. The number of pyridine rings is 1. The second-order valence-electron chi connectivity index (χ2n) is 10.1. The van der Waals surface area contributed by atoms with Gasteiger partial charge in [0.15, 0.2) is 5.60 Å². The molecule has 2 aromatic heterocycles. The van der Waals surface area contributed by atoms with Crippen LogP contribution in [0.25, 0.3) is 10.9 Å². The van der Waals surface area contributed by atoms with Crippen molar-refractivity contribution < 1.29 is 34.8 Å². The standard InChI is InChI=1S/C22H27N3.C6H8O7/c1-16-19-15-23-14-11-20(19)24-21(16)17-9-12-22(13-10-17,25(2)3)18-7-5-4-6-8-18;7-3(8)1-6(13,5(11)12)2-4(9)10/h4-8,11,14-15,17,24H,9-10,12-13H2,1-3H3;13H,1-2H2,(H,7,8)(H,9,10)(H,11,12). The molecule has 4 rings (SSSR count). The Morgan fingerprint density at radius 2 is 1.61 bits per heavy atom. The number of aliphatic hydroxyl groups is 1. The fraction of sp³-hybridized carbons (Fsp3) is 0.429. The van der Waals surface area contributed by atoms with Crippen molar-refractivity contribution in [3.05, 3.63) is 65.6 Å². The van der Waals surface area contributed by atoms with E-state index in [4.69, 9.17) is 20.4 Å². The molecule has 0 radical (unpaired) electrons. The van der Waals surface area contributed by atoms with Crippen LogP contribution in [0.1, 0.15) is 61.3 Å². The summed E-state index contributed by atoms with van der Waals surface area (Å²) in [6.45, 7) is 2.24. The molecular formula is C28H35N3O7. The molecule has 1 saturated carbocycles. The van der Waals surface area contributed by atoms with Crippen molar-refractivity contribution >= 4 is 28.8 Å². The summed E-state index contributed by atoms with van der Waals surface area (Å²) in [5.41, 5.74) is 2.90. The summed E-state index contributed by atoms with van der Waals surface area (Å²) in [5.74, 6) is -4.40. The summed E-state index contributed by atoms with van der Waals surface area (Å²) in [5, 5.41) is 35.1. The number of nitrogens with one attached hydrogen (secondary N) is 1. The smallest absolute Gasteiger partial charge is 0.336 e. The minimum atomic E-state index is -2.74. The Balaban J connectivity index is 0.000000263. The molecule has 1 fully saturated rings. The molecule has 0 atom stereocenters. The van der Waals surface area contributed by atoms with Crippen molar-refractivity contribution in [1.82, 2.24) is 14.9 Å². The van der Waals surface area contributed by atoms with Crippen molar-refractivity contribution in [2.75, 3.05) is 14.1 Å². The number of rotatable bonds is 8. The van der Waals surface area contributed by atoms with Crippen LogP contribution in [-0.2, 0) is 19.9 Å². The van der Waals surface area contributed by atoms with E-state index in [1.807, 2.05) is 12.4 Å². The third-order valence-corrected chi connectivity index (χ3v) is 7.57. The normalized spacial score (nSPS) is 19.6. The van der Waals surface area contributed by atoms with Crippen LogP contribution < -0.4 is 0 Å². The van der Waals surface area contributed by atoms with Gasteiger partial charge in [0.25, 0.3) is 0 Å². The van der Waals surface area contributed by atoms with Gasteiger partial charge in [0, 0.05) is 34.5 Å². The SMILES string of the molecule is Cc1c(C2CCC(c3ccccc3)(N(C)C)CC2)[nH]c2ccncc12.O=C(O)CC(O)(CC(=O)O)C(=O)O. The van der Waals surface area contributed by atoms with Crippen molar-refractivity contribution in [2.45, 2.75) is 62.5 Å². The van der Waals surface area contributed by atoms with Gasteiger partial charge in [-0.15, -0.1) is 0 Å². The molecule has 0 spiro atoms. The molecule has 0 bridgehead atoms. The number of hydrogen-bond acceptors (Lipinski definition) is 6. The molecule has 0 aliphatic heterocycles. The number of aromatic amines is 1. The topological polar surface area (TPSA) is 164 Å². The van der Waals surface area contributed by atoms with Gasteiger partial charge in [0.2, 0.25) is 0 Å². The first kappa shape index (κ1) is 28.8. The average molecular weight is 526 g/mol. The zero-order valence-electron chi connectivity index (χ0n) is 21.8. The number of benzene rings is 1. The Labute approximate surface area is 220 Å². The van der Waals surface area contributed by atoms with E-state index in [1.165, 1.54) is 53.4 Å². The zero-order chi connectivity index (χ0) is 28.1. The third-order valence-electron chi connectivity index (χ3n) is 7.57. The van der Waals surface area contributed by atoms with E-state index in [2.05, 4.69) is 72.3 Å². The number of H-pyrrole nitrogens is 1. The van der Waals surface area contributed by atoms with E-state index in [0.717, 1.165) is 0 Å². The summed E-state index contributed by atoms with van der Waals surface area (Å²) in [6, 6.07) is 13.1. The van der Waals surface area contributed by atoms with Gasteiger partial charge in [0.1, 0.15) is 0 Å². The maximum atomic E-state index is 10.3. The molecule has 3 aromatic rings. The van der Waals surface area contributed by atoms with E-state index in [1.54, 1.807) is 0 Å². The Hall–Kier alpha value is -3.76. The van der Waals surface area contributed by atoms with Crippen molar-refractivity contribution in [3.63, 3.8) is 0 Å². The second kappa shape index (κ2) is 11.7. The van der Waals surface area contributed by atoms with Crippen LogP contribution in [0.3, 0.4) is 0 Å². The first-order valence-electron chi connectivity index (χ1n) is 12.4. The number of carboxylic acids is 3. The lowest BCUT2D eigenvalue weighted by molar-refractivity contribution is -0.170. The molecule has 204 valence electrons. The third kappa shape index (κ3) is 6.20. The number of aryl methyl sites for hydroxylation is 1. The Bertz CT molecular complexity index is 1260. The van der Waals surface area contributed by atoms with E-state index < -0.39 is 36.4 Å². The molecule has 0 unspecified atom stereocenters. The molecule has 5 N–H and O–H groups in total. The highest BCUT2D eigenvalue weighted by Crippen LogP contribution is 2.46. The number of aromatic nitrogens is 2. The van der Waals surface area contributed by atoms with Crippen LogP contribution in [0.2, 0.25) is 0 Å². The van der Waals surface area contributed by atoms with Gasteiger partial charge in [-0.3, -0.25) is 19.5 Å². The summed E-state index contributed by atoms with van der Waals surface area (Å²) < 4.78 is 0. The number of fused-ring (bicyclic) bond motifs is 1. The number of hydrogen-bond donors (Lipinski definition) is 5. The van der Waals surface area contributed by atoms with Gasteiger partial charge >= 0.3 is 17.9 Å². The first-order chi connectivity index (χ1) is 17.9. The Kier molecular flexibility index (Phi) is 8.90. The lowest BCUT2D eigenvalue weighted by Crippen LogP contribution is -2.44. The lowest BCUT2D eigenvalue weighted by Gasteiger charge is -2.45. The van der Waals surface area contributed by atoms with E-state index in [-0.39, 0.29) is 5.54 Å². The predicted octanol–water partition coefficient (Wildman–Crippen LogP) is 3.74. The molecular weight excluding hydrogens is 490 g/mol. The van der Waals surface area contributed by atoms with Gasteiger partial charge in [0.05, 0.1) is 12.8 Å². The van der Waals surface area contributed by atoms with Crippen LogP contribution in [0.5, 0.6) is 0 Å². The maximum Gasteiger partial charge on any atom is 0.336 e. The molecule has 0 amide bonds. The van der Waals surface area contributed by atoms with E-state index >= 15 is 0 Å². The molecule has 2 heterocycles. The number of carboxylic acid groups (broad SMARTS) is 3. The largest absolute Gasteiger partial charge is 0.481 e. The summed E-state index contributed by atoms with van der Waals surface area (Å²) >= 11 is 0. The van der Waals surface area contributed by atoms with Crippen molar-refractivity contribution in [2.24, 2.45) is 0 Å². The zero-order valence-corrected chi connectivity index (χ0v) is 21.8. The molecule has 1 aliphatic carbocycles. The second-order valence-corrected chi connectivity index (χ2v) is 10.1. The molecule has 1 aliphatic rings. The first-order valence-corrected chi connectivity index (χ1v) is 12.4. The Morgan fingerprint density at radius 1 is 1.03 bits per heavy atom. The molecule has 10 heteroatoms. The van der Waals surface area contributed by atoms with Crippen LogP contribution >= 0.6 is 0 Å². The quantitative estimate of drug-likeness (QED) is 0.295. The monoisotopic (exact) mass is 525 g/mol. The molecule has 1 aromatic carbocycles. The lowest BCUT2D eigenvalue weighted by atomic mass is 9.71. The molecule has 38 heavy (non-hydrogen) atoms. The van der Waals surface area contributed by atoms with Crippen molar-refractivity contribution in [1.29, 1.82) is 0 Å². The van der Waals surface area contributed by atoms with Gasteiger partial charge in [-0.1, -0.05) is 30.3 Å². The number of carbonyl (C=O) groups is 3. The van der Waals surface area contributed by atoms with Crippen LogP contribution in [0.15, 0.2) is 48.8 Å². The fourth-order valence-electron chi connectivity index (χ4n) is 5.44. The number of nitrogens with zero attached hydrogens (tertiary/aromatic N) is 2. The molecule has 10 nitrogen and oxygen atoms in total. The van der Waals surface area contributed by atoms with Crippen LogP contribution in [0.4, 0.5) is 0 Å². The van der Waals surface area contributed by atoms with E-state index in [0.29, 0.717) is 5.92 Å². The van der Waals surface area contributed by atoms with Gasteiger partial charge in [-0.05, 0) is 69.8 Å². The Morgan fingerprint density at radius 3 is 2.08 bits per heavy atom. The van der Waals surface area contributed by atoms with Gasteiger partial charge in [-0.2, -0.15) is 0 Å². The van der Waals surface area contributed by atoms with Crippen LogP contribution in [-0.4, -0.2) is 72.9 Å². The highest BCUT2D eigenvalue weighted by molar-refractivity contribution is 5.88. The fourth-order valence-corrected chi connectivity index (χ4v) is 5.44. The minimum Gasteiger partial charge on any atom is -0.481 e. The minimum absolute atomic E-state index is 0.166. The maximum absolute atomic E-state index is 10.3. The van der Waals surface area contributed by atoms with Crippen LogP contribution in [0, 0.1) is 6.92 Å². The average Bonchev–Trinajstić information content (AvgIpc) is 3.20. The summed E-state index contributed by atoms with van der Waals surface area (Å²) in [6.07, 6.45) is 6.39. The summed E-state index contributed by atoms with van der Waals surface area (Å²) in [7, 11) is 4.46. The highest BCUT2D eigenvalue weighted by Gasteiger charge is 2.41. The predicted molar refractivity (Wildman–Crippen MR) is 141 cm³/mol.